The van der Waals surface area contributed by atoms with Crippen LogP contribution in [0, 0.1) is 5.92 Å². The third-order valence-corrected chi connectivity index (χ3v) is 2.03. The number of aliphatic hydroxyl groups excluding tert-OH is 1. The minimum Gasteiger partial charge on any atom is -0.392 e. The van der Waals surface area contributed by atoms with Crippen LogP contribution < -0.4 is 5.32 Å². The fourth-order valence-electron chi connectivity index (χ4n) is 1.32. The number of carbonyl (C=O) groups excluding carboxylic acids is 1. The van der Waals surface area contributed by atoms with Crippen LogP contribution >= 0.6 is 0 Å². The second kappa shape index (κ2) is 7.65. The SMILES string of the molecule is CC(C)CCNC(=O)CN(C)CC(C)O. The van der Waals surface area contributed by atoms with E-state index >= 15 is 0 Å². The minimum absolute atomic E-state index is 0.0267. The van der Waals surface area contributed by atoms with Gasteiger partial charge in [0.05, 0.1) is 12.6 Å². The highest BCUT2D eigenvalue weighted by atomic mass is 16.3. The third kappa shape index (κ3) is 9.69. The summed E-state index contributed by atoms with van der Waals surface area (Å²) in [6.07, 6.45) is 0.615. The van der Waals surface area contributed by atoms with Crippen molar-refractivity contribution in [1.29, 1.82) is 0 Å². The van der Waals surface area contributed by atoms with E-state index in [2.05, 4.69) is 19.2 Å². The second-order valence-electron chi connectivity index (χ2n) is 4.58. The molecule has 0 bridgehead atoms. The van der Waals surface area contributed by atoms with Crippen LogP contribution in [0.15, 0.2) is 0 Å². The Bertz CT molecular complexity index is 181. The van der Waals surface area contributed by atoms with Crippen molar-refractivity contribution in [2.75, 3.05) is 26.7 Å². The van der Waals surface area contributed by atoms with Crippen molar-refractivity contribution in [3.8, 4) is 0 Å². The van der Waals surface area contributed by atoms with Crippen LogP contribution in [0.5, 0.6) is 0 Å². The Morgan fingerprint density at radius 2 is 2.00 bits per heavy atom. The molecule has 90 valence electrons. The Morgan fingerprint density at radius 1 is 1.40 bits per heavy atom. The van der Waals surface area contributed by atoms with Gasteiger partial charge >= 0.3 is 0 Å². The number of aliphatic hydroxyl groups is 1. The van der Waals surface area contributed by atoms with Gasteiger partial charge in [-0.05, 0) is 26.3 Å². The van der Waals surface area contributed by atoms with E-state index in [0.717, 1.165) is 13.0 Å². The van der Waals surface area contributed by atoms with Crippen molar-refractivity contribution >= 4 is 5.91 Å². The van der Waals surface area contributed by atoms with Crippen molar-refractivity contribution in [3.63, 3.8) is 0 Å². The van der Waals surface area contributed by atoms with Gasteiger partial charge in [0.2, 0.25) is 5.91 Å². The smallest absolute Gasteiger partial charge is 0.234 e. The van der Waals surface area contributed by atoms with E-state index in [9.17, 15) is 4.79 Å². The monoisotopic (exact) mass is 216 g/mol. The van der Waals surface area contributed by atoms with Gasteiger partial charge in [0.15, 0.2) is 0 Å². The predicted molar refractivity (Wildman–Crippen MR) is 61.6 cm³/mol. The molecule has 15 heavy (non-hydrogen) atoms. The number of hydrogen-bond acceptors (Lipinski definition) is 3. The zero-order valence-electron chi connectivity index (χ0n) is 10.3. The molecule has 0 saturated heterocycles. The van der Waals surface area contributed by atoms with E-state index in [1.165, 1.54) is 0 Å². The number of hydrogen-bond donors (Lipinski definition) is 2. The van der Waals surface area contributed by atoms with Crippen LogP contribution in [0.1, 0.15) is 27.2 Å². The topological polar surface area (TPSA) is 52.6 Å². The summed E-state index contributed by atoms with van der Waals surface area (Å²) in [6, 6.07) is 0. The van der Waals surface area contributed by atoms with Gasteiger partial charge in [-0.25, -0.2) is 0 Å². The van der Waals surface area contributed by atoms with Gasteiger partial charge in [-0.15, -0.1) is 0 Å². The van der Waals surface area contributed by atoms with Gasteiger partial charge in [-0.1, -0.05) is 13.8 Å². The molecule has 0 aliphatic heterocycles. The molecular weight excluding hydrogens is 192 g/mol. The average Bonchev–Trinajstić information content (AvgIpc) is 2.00. The first kappa shape index (κ1) is 14.4. The van der Waals surface area contributed by atoms with Gasteiger partial charge in [0.25, 0.3) is 0 Å². The highest BCUT2D eigenvalue weighted by Crippen LogP contribution is 1.96. The molecule has 4 heteroatoms. The van der Waals surface area contributed by atoms with E-state index < -0.39 is 6.10 Å². The van der Waals surface area contributed by atoms with Crippen LogP contribution in [0.3, 0.4) is 0 Å². The molecule has 1 atom stereocenters. The summed E-state index contributed by atoms with van der Waals surface area (Å²) in [4.78, 5) is 13.2. The molecule has 0 spiro atoms. The molecular formula is C11H24N2O2. The normalized spacial score (nSPS) is 13.3. The van der Waals surface area contributed by atoms with Gasteiger partial charge < -0.3 is 10.4 Å². The molecule has 0 fully saturated rings. The molecule has 0 aliphatic rings. The van der Waals surface area contributed by atoms with E-state index in [4.69, 9.17) is 5.11 Å². The quantitative estimate of drug-likeness (QED) is 0.650. The molecule has 0 heterocycles. The first-order valence-corrected chi connectivity index (χ1v) is 5.55. The molecule has 0 aliphatic carbocycles. The van der Waals surface area contributed by atoms with Crippen molar-refractivity contribution in [2.45, 2.75) is 33.3 Å². The Hall–Kier alpha value is -0.610. The molecule has 0 aromatic rings. The molecule has 4 nitrogen and oxygen atoms in total. The molecule has 0 saturated carbocycles. The summed E-state index contributed by atoms with van der Waals surface area (Å²) in [5.41, 5.74) is 0. The molecule has 1 unspecified atom stereocenters. The number of nitrogens with zero attached hydrogens (tertiary/aromatic N) is 1. The molecule has 0 radical (unpaired) electrons. The summed E-state index contributed by atoms with van der Waals surface area (Å²) >= 11 is 0. The molecule has 2 N–H and O–H groups in total. The zero-order valence-corrected chi connectivity index (χ0v) is 10.3. The number of carbonyl (C=O) groups is 1. The van der Waals surface area contributed by atoms with Crippen LogP contribution in [-0.2, 0) is 4.79 Å². The summed E-state index contributed by atoms with van der Waals surface area (Å²) in [5, 5.41) is 12.0. The van der Waals surface area contributed by atoms with Gasteiger partial charge in [0.1, 0.15) is 0 Å². The van der Waals surface area contributed by atoms with Crippen molar-refractivity contribution in [3.05, 3.63) is 0 Å². The molecule has 0 rings (SSSR count). The average molecular weight is 216 g/mol. The highest BCUT2D eigenvalue weighted by Gasteiger charge is 2.07. The van der Waals surface area contributed by atoms with Crippen LogP contribution in [0.4, 0.5) is 0 Å². The minimum atomic E-state index is -0.390. The molecule has 1 amide bonds. The lowest BCUT2D eigenvalue weighted by molar-refractivity contribution is -0.122. The van der Waals surface area contributed by atoms with Crippen LogP contribution in [0.25, 0.3) is 0 Å². The number of likely N-dealkylation sites (N-methyl/N-ethyl adjacent to an activating group) is 1. The maximum Gasteiger partial charge on any atom is 0.234 e. The summed E-state index contributed by atoms with van der Waals surface area (Å²) in [6.45, 7) is 7.59. The Kier molecular flexibility index (Phi) is 7.34. The number of nitrogens with one attached hydrogen (secondary N) is 1. The molecule has 0 aromatic heterocycles. The maximum absolute atomic E-state index is 11.4. The highest BCUT2D eigenvalue weighted by molar-refractivity contribution is 5.77. The van der Waals surface area contributed by atoms with Gasteiger partial charge in [0, 0.05) is 13.1 Å². The van der Waals surface area contributed by atoms with Gasteiger partial charge in [-0.3, -0.25) is 9.69 Å². The first-order chi connectivity index (χ1) is 6.91. The van der Waals surface area contributed by atoms with Crippen molar-refractivity contribution in [1.82, 2.24) is 10.2 Å². The predicted octanol–water partition coefficient (Wildman–Crippen LogP) is 0.461. The number of amides is 1. The lowest BCUT2D eigenvalue weighted by Crippen LogP contribution is -2.38. The van der Waals surface area contributed by atoms with E-state index in [1.54, 1.807) is 6.92 Å². The zero-order chi connectivity index (χ0) is 11.8. The standard InChI is InChI=1S/C11H24N2O2/c1-9(2)5-6-12-11(15)8-13(4)7-10(3)14/h9-10,14H,5-8H2,1-4H3,(H,12,15). The van der Waals surface area contributed by atoms with E-state index in [1.807, 2.05) is 11.9 Å². The molecule has 0 aromatic carbocycles. The lowest BCUT2D eigenvalue weighted by atomic mass is 10.1. The summed E-state index contributed by atoms with van der Waals surface area (Å²) in [5.74, 6) is 0.638. The fourth-order valence-corrected chi connectivity index (χ4v) is 1.32. The summed E-state index contributed by atoms with van der Waals surface area (Å²) < 4.78 is 0. The van der Waals surface area contributed by atoms with E-state index in [-0.39, 0.29) is 5.91 Å². The first-order valence-electron chi connectivity index (χ1n) is 5.55. The Morgan fingerprint density at radius 3 is 2.47 bits per heavy atom. The lowest BCUT2D eigenvalue weighted by Gasteiger charge is -2.17. The maximum atomic E-state index is 11.4. The fraction of sp³-hybridized carbons (Fsp3) is 0.909. The van der Waals surface area contributed by atoms with Crippen LogP contribution in [-0.4, -0.2) is 48.7 Å². The van der Waals surface area contributed by atoms with Gasteiger partial charge in [-0.2, -0.15) is 0 Å². The van der Waals surface area contributed by atoms with Crippen molar-refractivity contribution in [2.24, 2.45) is 5.92 Å². The number of rotatable bonds is 7. The third-order valence-electron chi connectivity index (χ3n) is 2.03. The van der Waals surface area contributed by atoms with E-state index in [0.29, 0.717) is 19.0 Å². The van der Waals surface area contributed by atoms with Crippen LogP contribution in [0.2, 0.25) is 0 Å². The Labute approximate surface area is 92.7 Å². The largest absolute Gasteiger partial charge is 0.392 e. The summed E-state index contributed by atoms with van der Waals surface area (Å²) in [7, 11) is 1.83. The Balaban J connectivity index is 3.55. The van der Waals surface area contributed by atoms with Crippen molar-refractivity contribution < 1.29 is 9.90 Å². The second-order valence-corrected chi connectivity index (χ2v) is 4.58.